The smallest absolute Gasteiger partial charge is 0.305 e. The molecule has 0 aromatic carbocycles. The van der Waals surface area contributed by atoms with E-state index in [4.69, 9.17) is 0 Å². The number of carbonyl (C=O) groups is 11. The van der Waals surface area contributed by atoms with Gasteiger partial charge in [-0.2, -0.15) is 0 Å². The molecule has 454 valence electrons. The van der Waals surface area contributed by atoms with E-state index in [1.165, 1.54) is 9.80 Å². The number of carboxylic acid groups (broad SMARTS) is 1. The molecule has 0 radical (unpaired) electrons. The Labute approximate surface area is 471 Å². The molecule has 6 heterocycles. The minimum absolute atomic E-state index is 0.0702. The first-order valence-corrected chi connectivity index (χ1v) is 28.5. The average Bonchev–Trinajstić information content (AvgIpc) is 3.37. The maximum absolute atomic E-state index is 14.1. The molecule has 10 amide bonds. The Morgan fingerprint density at radius 2 is 0.750 bits per heavy atom. The first kappa shape index (κ1) is 68.3. The summed E-state index contributed by atoms with van der Waals surface area (Å²) >= 11 is 0. The fourth-order valence-corrected chi connectivity index (χ4v) is 9.73. The third kappa shape index (κ3) is 21.5. The summed E-state index contributed by atoms with van der Waals surface area (Å²) in [6.45, 7) is 22.3. The van der Waals surface area contributed by atoms with Crippen LogP contribution in [-0.2, 0) is 52.7 Å². The van der Waals surface area contributed by atoms with Crippen LogP contribution >= 0.6 is 0 Å². The van der Waals surface area contributed by atoms with E-state index in [1.54, 1.807) is 65.2 Å². The van der Waals surface area contributed by atoms with Crippen LogP contribution in [0.15, 0.2) is 0 Å². The zero-order chi connectivity index (χ0) is 60.3. The third-order valence-electron chi connectivity index (χ3n) is 15.0. The highest BCUT2D eigenvalue weighted by Gasteiger charge is 2.39. The van der Waals surface area contributed by atoms with E-state index >= 15 is 0 Å². The van der Waals surface area contributed by atoms with Crippen molar-refractivity contribution < 1.29 is 68.1 Å². The van der Waals surface area contributed by atoms with Gasteiger partial charge < -0.3 is 67.7 Å². The number of carboxylic acids is 1. The van der Waals surface area contributed by atoms with Gasteiger partial charge in [-0.05, 0) is 48.3 Å². The number of amides is 10. The molecule has 11 N–H and O–H groups in total. The number of carbonyl (C=O) groups excluding carboxylic acids is 10. The van der Waals surface area contributed by atoms with Gasteiger partial charge in [0.05, 0.1) is 19.5 Å². The predicted molar refractivity (Wildman–Crippen MR) is 294 cm³/mol. The molecule has 26 heteroatoms. The zero-order valence-corrected chi connectivity index (χ0v) is 49.1. The molecule has 4 bridgehead atoms. The molecule has 6 saturated heterocycles. The number of nitrogens with zero attached hydrogens (tertiary/aromatic N) is 4. The number of aliphatic hydroxyl groups is 2. The molecule has 0 unspecified atom stereocenters. The van der Waals surface area contributed by atoms with Crippen molar-refractivity contribution in [3.63, 3.8) is 0 Å². The van der Waals surface area contributed by atoms with Crippen molar-refractivity contribution in [3.05, 3.63) is 0 Å². The lowest BCUT2D eigenvalue weighted by molar-refractivity contribution is -0.143. The van der Waals surface area contributed by atoms with Crippen molar-refractivity contribution in [2.45, 2.75) is 176 Å². The van der Waals surface area contributed by atoms with Gasteiger partial charge in [0.2, 0.25) is 59.1 Å². The fourth-order valence-electron chi connectivity index (χ4n) is 9.73. The molecule has 0 spiro atoms. The maximum Gasteiger partial charge on any atom is 0.305 e. The van der Waals surface area contributed by atoms with Crippen LogP contribution in [0.2, 0.25) is 0 Å². The number of nitrogens with one attached hydrogen (secondary N) is 8. The molecule has 0 saturated carbocycles. The average molecular weight is 1140 g/mol. The van der Waals surface area contributed by atoms with Gasteiger partial charge in [-0.25, -0.2) is 0 Å². The summed E-state index contributed by atoms with van der Waals surface area (Å²) in [6, 6.07) is -10.3. The second-order valence-corrected chi connectivity index (χ2v) is 23.3. The lowest BCUT2D eigenvalue weighted by Crippen LogP contribution is -2.62. The zero-order valence-electron chi connectivity index (χ0n) is 49.1. The minimum Gasteiger partial charge on any atom is -0.481 e. The molecule has 6 aliphatic rings. The lowest BCUT2D eigenvalue weighted by atomic mass is 9.96. The van der Waals surface area contributed by atoms with Crippen LogP contribution < -0.4 is 42.5 Å². The molecule has 6 rings (SSSR count). The molecule has 6 fully saturated rings. The van der Waals surface area contributed by atoms with Gasteiger partial charge in [-0.3, -0.25) is 62.5 Å². The van der Waals surface area contributed by atoms with Gasteiger partial charge in [-0.15, -0.1) is 0 Å². The summed E-state index contributed by atoms with van der Waals surface area (Å²) < 4.78 is 0. The van der Waals surface area contributed by atoms with E-state index < -0.39 is 156 Å². The summed E-state index contributed by atoms with van der Waals surface area (Å²) in [7, 11) is 0. The van der Waals surface area contributed by atoms with Gasteiger partial charge in [-0.1, -0.05) is 95.9 Å². The van der Waals surface area contributed by atoms with Crippen LogP contribution in [-0.4, -0.2) is 220 Å². The van der Waals surface area contributed by atoms with Gasteiger partial charge in [0.25, 0.3) is 0 Å². The van der Waals surface area contributed by atoms with Crippen molar-refractivity contribution in [3.8, 4) is 0 Å². The van der Waals surface area contributed by atoms with Crippen LogP contribution in [0.25, 0.3) is 0 Å². The van der Waals surface area contributed by atoms with Gasteiger partial charge in [0.1, 0.15) is 48.3 Å². The van der Waals surface area contributed by atoms with E-state index in [0.29, 0.717) is 12.8 Å². The monoisotopic (exact) mass is 1130 g/mol. The van der Waals surface area contributed by atoms with Gasteiger partial charge in [0, 0.05) is 58.8 Å². The Kier molecular flexibility index (Phi) is 27.7. The third-order valence-corrected chi connectivity index (χ3v) is 15.0. The fraction of sp³-hybridized carbons (Fsp3) is 0.796. The predicted octanol–water partition coefficient (Wildman–Crippen LogP) is -2.16. The maximum atomic E-state index is 14.1. The molecule has 80 heavy (non-hydrogen) atoms. The highest BCUT2D eigenvalue weighted by atomic mass is 16.5. The summed E-state index contributed by atoms with van der Waals surface area (Å²) in [5.41, 5.74) is 0. The van der Waals surface area contributed by atoms with Crippen molar-refractivity contribution in [2.75, 3.05) is 65.4 Å². The normalized spacial score (nSPS) is 28.5. The number of hydrogen-bond donors (Lipinski definition) is 11. The SMILES string of the molecule is CC[C@H](C)[C@@H]1NC(=O)CN2CCN(CC2)C(=O)[C@H](C(C)C)NC(=O)[C@H](CC(O)O)NC(=O)[C@H](CC(C)C)NC(=O)[C@H]([C@@H](C)CC)NC(=O)CN2CCN(CC2)C(=O)[C@H](C(C)C)NC(=O)[C@H](CC(=O)O)NC(=O)[C@H](CC(C)C)NC1=O. The number of piperazine rings is 2. The standard InChI is InChI=1S/C54H94N12O14/c1-13-33(11)45-51(77)57-35(23-29(3)4)47(73)55-37(25-41(69)70)49(75)61-44(32(9)10)54(80)66-21-17-64(18-22-66)28-40(68)60-46(34(12)14-2)52(78)58-36(24-30(5)6)48(74)56-38(26-42(71)72)50(76)62-43(31(7)8)53(79)65-19-15-63(16-20-65)27-39(67)59-45/h29-38,41,43-46,69-70H,13-28H2,1-12H3,(H,55,73)(H,56,74)(H,57,77)(H,58,78)(H,59,67)(H,60,68)(H,61,75)(H,62,76)(H,71,72)/t33-,34-,35-,36-,37-,38-,43-,44-,45-,46-/m0/s1. The van der Waals surface area contributed by atoms with Crippen molar-refractivity contribution in [2.24, 2.45) is 35.5 Å². The Balaban J connectivity index is 2.03. The van der Waals surface area contributed by atoms with Crippen LogP contribution in [0.3, 0.4) is 0 Å². The second-order valence-electron chi connectivity index (χ2n) is 23.3. The quantitative estimate of drug-likeness (QED) is 0.0826. The second kappa shape index (κ2) is 32.5. The van der Waals surface area contributed by atoms with E-state index in [-0.39, 0.29) is 90.1 Å². The van der Waals surface area contributed by atoms with E-state index in [1.807, 2.05) is 27.7 Å². The van der Waals surface area contributed by atoms with Crippen LogP contribution in [0.5, 0.6) is 0 Å². The van der Waals surface area contributed by atoms with E-state index in [0.717, 1.165) is 0 Å². The molecule has 0 aromatic heterocycles. The molecule has 26 nitrogen and oxygen atoms in total. The summed E-state index contributed by atoms with van der Waals surface area (Å²) in [5, 5.41) is 51.5. The summed E-state index contributed by atoms with van der Waals surface area (Å²) in [6.07, 6.45) is -2.52. The highest BCUT2D eigenvalue weighted by Crippen LogP contribution is 2.17. The number of hydrogen-bond acceptors (Lipinski definition) is 15. The topological polar surface area (TPSA) is 358 Å². The Morgan fingerprint density at radius 3 is 1.06 bits per heavy atom. The van der Waals surface area contributed by atoms with Gasteiger partial charge >= 0.3 is 5.97 Å². The summed E-state index contributed by atoms with van der Waals surface area (Å²) in [4.78, 5) is 159. The minimum atomic E-state index is -2.06. The first-order chi connectivity index (χ1) is 37.5. The van der Waals surface area contributed by atoms with Crippen LogP contribution in [0, 0.1) is 35.5 Å². The van der Waals surface area contributed by atoms with Crippen molar-refractivity contribution in [1.82, 2.24) is 62.1 Å². The molecule has 10 atom stereocenters. The molecule has 0 aromatic rings. The van der Waals surface area contributed by atoms with Gasteiger partial charge in [0.15, 0.2) is 6.29 Å². The van der Waals surface area contributed by atoms with Crippen molar-refractivity contribution in [1.29, 1.82) is 0 Å². The lowest BCUT2D eigenvalue weighted by Gasteiger charge is -2.37. The van der Waals surface area contributed by atoms with Crippen LogP contribution in [0.4, 0.5) is 0 Å². The number of aliphatic hydroxyl groups excluding tert-OH is 1. The number of aliphatic carboxylic acids is 1. The molecule has 0 aliphatic carbocycles. The number of rotatable bonds is 14. The molecular weight excluding hydrogens is 1040 g/mol. The van der Waals surface area contributed by atoms with Crippen molar-refractivity contribution >= 4 is 65.0 Å². The summed E-state index contributed by atoms with van der Waals surface area (Å²) in [5.74, 6) is -10.4. The Bertz CT molecular complexity index is 2150. The molecule has 6 aliphatic heterocycles. The molecular formula is C54H94N12O14. The largest absolute Gasteiger partial charge is 0.481 e. The van der Waals surface area contributed by atoms with Crippen LogP contribution in [0.1, 0.15) is 122 Å². The van der Waals surface area contributed by atoms with E-state index in [9.17, 15) is 68.1 Å². The Hall–Kier alpha value is -5.99. The van der Waals surface area contributed by atoms with E-state index in [2.05, 4.69) is 42.5 Å². The highest BCUT2D eigenvalue weighted by molar-refractivity contribution is 5.98. The Morgan fingerprint density at radius 1 is 0.438 bits per heavy atom. The first-order valence-electron chi connectivity index (χ1n) is 28.5.